The Kier molecular flexibility index (Phi) is 6.08. The van der Waals surface area contributed by atoms with Crippen LogP contribution in [0.25, 0.3) is 0 Å². The van der Waals surface area contributed by atoms with Crippen LogP contribution in [0.2, 0.25) is 0 Å². The number of nitrogens with zero attached hydrogens (tertiary/aromatic N) is 1. The van der Waals surface area contributed by atoms with Crippen molar-refractivity contribution in [2.24, 2.45) is 11.7 Å². The summed E-state index contributed by atoms with van der Waals surface area (Å²) in [5.74, 6) is 1.18. The maximum atomic E-state index is 10.2. The monoisotopic (exact) mass is 354 g/mol. The molecular weight excluding hydrogens is 328 g/mol. The predicted octanol–water partition coefficient (Wildman–Crippen LogP) is 4.06. The molecular formula is C17H27BrN2O. The van der Waals surface area contributed by atoms with Crippen LogP contribution in [0, 0.1) is 5.92 Å². The molecule has 2 rings (SSSR count). The Morgan fingerprint density at radius 1 is 1.43 bits per heavy atom. The summed E-state index contributed by atoms with van der Waals surface area (Å²) in [6, 6.07) is 6.37. The Labute approximate surface area is 136 Å². The van der Waals surface area contributed by atoms with E-state index in [0.717, 1.165) is 28.9 Å². The summed E-state index contributed by atoms with van der Waals surface area (Å²) < 4.78 is 1.02. The van der Waals surface area contributed by atoms with Crippen LogP contribution in [-0.4, -0.2) is 29.1 Å². The standard InChI is InChI=1S/C17H27BrN2O/c1-3-12-7-8-20(14(9-12)11-19)16(4-2)15-10-13(18)5-6-17(15)21/h5-6,10,12,14,16,21H,3-4,7-9,11,19H2,1-2H3. The van der Waals surface area contributed by atoms with Gasteiger partial charge in [0.15, 0.2) is 0 Å². The van der Waals surface area contributed by atoms with Gasteiger partial charge in [-0.25, -0.2) is 0 Å². The maximum absolute atomic E-state index is 10.2. The number of hydrogen-bond donors (Lipinski definition) is 2. The fourth-order valence-corrected chi connectivity index (χ4v) is 3.97. The molecule has 0 spiro atoms. The summed E-state index contributed by atoms with van der Waals surface area (Å²) in [6.07, 6.45) is 4.64. The van der Waals surface area contributed by atoms with E-state index in [1.54, 1.807) is 6.07 Å². The van der Waals surface area contributed by atoms with Crippen molar-refractivity contribution in [2.45, 2.75) is 51.6 Å². The number of rotatable bonds is 5. The second-order valence-corrected chi connectivity index (χ2v) is 6.97. The molecule has 0 aliphatic carbocycles. The molecule has 3 unspecified atom stereocenters. The number of halogens is 1. The van der Waals surface area contributed by atoms with Crippen LogP contribution >= 0.6 is 15.9 Å². The lowest BCUT2D eigenvalue weighted by Crippen LogP contribution is -2.48. The van der Waals surface area contributed by atoms with Gasteiger partial charge < -0.3 is 10.8 Å². The summed E-state index contributed by atoms with van der Waals surface area (Å²) in [6.45, 7) is 6.22. The first-order chi connectivity index (χ1) is 10.1. The van der Waals surface area contributed by atoms with E-state index < -0.39 is 0 Å². The van der Waals surface area contributed by atoms with E-state index in [4.69, 9.17) is 5.73 Å². The zero-order valence-electron chi connectivity index (χ0n) is 13.1. The molecule has 118 valence electrons. The molecule has 0 saturated carbocycles. The van der Waals surface area contributed by atoms with Crippen LogP contribution in [0.4, 0.5) is 0 Å². The van der Waals surface area contributed by atoms with Gasteiger partial charge in [0.05, 0.1) is 0 Å². The van der Waals surface area contributed by atoms with Gasteiger partial charge in [-0.1, -0.05) is 36.2 Å². The van der Waals surface area contributed by atoms with Gasteiger partial charge in [-0.2, -0.15) is 0 Å². The number of aromatic hydroxyl groups is 1. The van der Waals surface area contributed by atoms with Crippen molar-refractivity contribution < 1.29 is 5.11 Å². The first kappa shape index (κ1) is 16.8. The summed E-state index contributed by atoms with van der Waals surface area (Å²) in [5.41, 5.74) is 7.05. The first-order valence-electron chi connectivity index (χ1n) is 8.04. The molecule has 0 bridgehead atoms. The Morgan fingerprint density at radius 3 is 2.81 bits per heavy atom. The number of nitrogens with two attached hydrogens (primary N) is 1. The summed E-state index contributed by atoms with van der Waals surface area (Å²) in [5, 5.41) is 10.2. The summed E-state index contributed by atoms with van der Waals surface area (Å²) in [7, 11) is 0. The van der Waals surface area contributed by atoms with Gasteiger partial charge in [0.1, 0.15) is 5.75 Å². The van der Waals surface area contributed by atoms with Crippen molar-refractivity contribution in [3.8, 4) is 5.75 Å². The zero-order chi connectivity index (χ0) is 15.4. The molecule has 3 nitrogen and oxygen atoms in total. The molecule has 1 aromatic carbocycles. The van der Waals surface area contributed by atoms with E-state index in [1.807, 2.05) is 12.1 Å². The third-order valence-corrected chi connectivity index (χ3v) is 5.35. The minimum absolute atomic E-state index is 0.244. The highest BCUT2D eigenvalue weighted by Crippen LogP contribution is 2.38. The minimum Gasteiger partial charge on any atom is -0.508 e. The van der Waals surface area contributed by atoms with Crippen LogP contribution < -0.4 is 5.73 Å². The molecule has 1 aliphatic rings. The molecule has 1 aliphatic heterocycles. The quantitative estimate of drug-likeness (QED) is 0.838. The van der Waals surface area contributed by atoms with E-state index in [1.165, 1.54) is 19.3 Å². The average Bonchev–Trinajstić information content (AvgIpc) is 2.51. The van der Waals surface area contributed by atoms with Crippen LogP contribution in [0.5, 0.6) is 5.75 Å². The fourth-order valence-electron chi connectivity index (χ4n) is 3.59. The smallest absolute Gasteiger partial charge is 0.120 e. The van der Waals surface area contributed by atoms with Crippen LogP contribution in [-0.2, 0) is 0 Å². The summed E-state index contributed by atoms with van der Waals surface area (Å²) >= 11 is 3.52. The van der Waals surface area contributed by atoms with Gasteiger partial charge in [0, 0.05) is 28.7 Å². The molecule has 3 atom stereocenters. The SMILES string of the molecule is CCC1CCN(C(CC)c2cc(Br)ccc2O)C(CN)C1. The molecule has 1 heterocycles. The molecule has 1 aromatic rings. The van der Waals surface area contributed by atoms with E-state index >= 15 is 0 Å². The van der Waals surface area contributed by atoms with E-state index in [0.29, 0.717) is 18.3 Å². The van der Waals surface area contributed by atoms with Crippen molar-refractivity contribution in [1.29, 1.82) is 0 Å². The molecule has 0 amide bonds. The van der Waals surface area contributed by atoms with Gasteiger partial charge >= 0.3 is 0 Å². The predicted molar refractivity (Wildman–Crippen MR) is 91.4 cm³/mol. The second kappa shape index (κ2) is 7.61. The Hall–Kier alpha value is -0.580. The number of hydrogen-bond acceptors (Lipinski definition) is 3. The van der Waals surface area contributed by atoms with Crippen molar-refractivity contribution in [3.05, 3.63) is 28.2 Å². The highest BCUT2D eigenvalue weighted by Gasteiger charge is 2.32. The van der Waals surface area contributed by atoms with E-state index in [-0.39, 0.29) is 6.04 Å². The number of benzene rings is 1. The average molecular weight is 355 g/mol. The second-order valence-electron chi connectivity index (χ2n) is 6.05. The Bertz CT molecular complexity index is 466. The number of piperidine rings is 1. The fraction of sp³-hybridized carbons (Fsp3) is 0.647. The van der Waals surface area contributed by atoms with Gasteiger partial charge in [0.2, 0.25) is 0 Å². The van der Waals surface area contributed by atoms with Gasteiger partial charge in [-0.15, -0.1) is 0 Å². The van der Waals surface area contributed by atoms with Gasteiger partial charge in [-0.3, -0.25) is 4.90 Å². The lowest BCUT2D eigenvalue weighted by atomic mass is 9.86. The van der Waals surface area contributed by atoms with Gasteiger partial charge in [-0.05, 0) is 49.9 Å². The maximum Gasteiger partial charge on any atom is 0.120 e. The molecule has 0 radical (unpaired) electrons. The molecule has 1 fully saturated rings. The molecule has 0 aromatic heterocycles. The molecule has 1 saturated heterocycles. The van der Waals surface area contributed by atoms with Crippen molar-refractivity contribution >= 4 is 15.9 Å². The highest BCUT2D eigenvalue weighted by atomic mass is 79.9. The van der Waals surface area contributed by atoms with Crippen LogP contribution in [0.1, 0.15) is 51.1 Å². The van der Waals surface area contributed by atoms with Crippen molar-refractivity contribution in [2.75, 3.05) is 13.1 Å². The topological polar surface area (TPSA) is 49.5 Å². The van der Waals surface area contributed by atoms with Gasteiger partial charge in [0.25, 0.3) is 0 Å². The number of phenols is 1. The van der Waals surface area contributed by atoms with Crippen LogP contribution in [0.15, 0.2) is 22.7 Å². The van der Waals surface area contributed by atoms with Crippen LogP contribution in [0.3, 0.4) is 0 Å². The Morgan fingerprint density at radius 2 is 2.19 bits per heavy atom. The minimum atomic E-state index is 0.244. The molecule has 3 N–H and O–H groups in total. The van der Waals surface area contributed by atoms with E-state index in [9.17, 15) is 5.11 Å². The summed E-state index contributed by atoms with van der Waals surface area (Å²) in [4.78, 5) is 2.51. The largest absolute Gasteiger partial charge is 0.508 e. The first-order valence-corrected chi connectivity index (χ1v) is 8.84. The lowest BCUT2D eigenvalue weighted by Gasteiger charge is -2.43. The third-order valence-electron chi connectivity index (χ3n) is 4.86. The highest BCUT2D eigenvalue weighted by molar-refractivity contribution is 9.10. The van der Waals surface area contributed by atoms with Crippen molar-refractivity contribution in [3.63, 3.8) is 0 Å². The molecule has 21 heavy (non-hydrogen) atoms. The van der Waals surface area contributed by atoms with Crippen molar-refractivity contribution in [1.82, 2.24) is 4.90 Å². The van der Waals surface area contributed by atoms with E-state index in [2.05, 4.69) is 34.7 Å². The Balaban J connectivity index is 2.25. The normalized spacial score (nSPS) is 25.0. The number of phenolic OH excluding ortho intramolecular Hbond substituents is 1. The molecule has 4 heteroatoms. The lowest BCUT2D eigenvalue weighted by molar-refractivity contribution is 0.0666. The third kappa shape index (κ3) is 3.79. The number of likely N-dealkylation sites (tertiary alicyclic amines) is 1. The zero-order valence-corrected chi connectivity index (χ0v) is 14.6.